The Balaban J connectivity index is 2.16. The summed E-state index contributed by atoms with van der Waals surface area (Å²) in [6.45, 7) is 4.43. The maximum absolute atomic E-state index is 11.9. The van der Waals surface area contributed by atoms with E-state index in [1.807, 2.05) is 0 Å². The van der Waals surface area contributed by atoms with Crippen LogP contribution in [0.2, 0.25) is 0 Å². The van der Waals surface area contributed by atoms with Gasteiger partial charge in [0.05, 0.1) is 6.61 Å². The molecular weight excluding hydrogens is 278 g/mol. The minimum absolute atomic E-state index is 0.0414. The molecule has 0 atom stereocenters. The van der Waals surface area contributed by atoms with Crippen molar-refractivity contribution in [3.63, 3.8) is 0 Å². The second kappa shape index (κ2) is 11.0. The molecule has 22 heavy (non-hydrogen) atoms. The van der Waals surface area contributed by atoms with Crippen molar-refractivity contribution in [2.75, 3.05) is 6.61 Å². The minimum Gasteiger partial charge on any atom is -0.461 e. The lowest BCUT2D eigenvalue weighted by molar-refractivity contribution is 0.0488. The van der Waals surface area contributed by atoms with Crippen molar-refractivity contribution in [3.05, 3.63) is 23.5 Å². The van der Waals surface area contributed by atoms with Crippen LogP contribution in [0.5, 0.6) is 0 Å². The number of nitrogens with one attached hydrogen (secondary N) is 1. The Hall–Kier alpha value is -1.58. The highest BCUT2D eigenvalue weighted by Crippen LogP contribution is 2.12. The van der Waals surface area contributed by atoms with Crippen molar-refractivity contribution in [1.29, 1.82) is 0 Å². The molecule has 4 nitrogen and oxygen atoms in total. The first-order chi connectivity index (χ1) is 10.7. The second-order valence-corrected chi connectivity index (χ2v) is 5.65. The Morgan fingerprint density at radius 1 is 1.00 bits per heavy atom. The third-order valence-corrected chi connectivity index (χ3v) is 3.80. The summed E-state index contributed by atoms with van der Waals surface area (Å²) in [6, 6.07) is 1.64. The summed E-state index contributed by atoms with van der Waals surface area (Å²) in [5.74, 6) is -0.468. The number of esters is 1. The van der Waals surface area contributed by atoms with Crippen molar-refractivity contribution in [2.45, 2.75) is 71.6 Å². The molecule has 124 valence electrons. The Kier molecular flexibility index (Phi) is 9.28. The summed E-state index contributed by atoms with van der Waals surface area (Å²) in [5.41, 5.74) is 0.717. The van der Waals surface area contributed by atoms with Crippen LogP contribution >= 0.6 is 0 Å². The molecule has 0 bridgehead atoms. The zero-order valence-corrected chi connectivity index (χ0v) is 14.0. The van der Waals surface area contributed by atoms with Gasteiger partial charge in [-0.1, -0.05) is 58.8 Å². The van der Waals surface area contributed by atoms with Gasteiger partial charge in [0.15, 0.2) is 5.78 Å². The average Bonchev–Trinajstić information content (AvgIpc) is 3.02. The van der Waals surface area contributed by atoms with Crippen molar-refractivity contribution >= 4 is 11.8 Å². The fourth-order valence-electron chi connectivity index (χ4n) is 2.43. The first kappa shape index (κ1) is 18.5. The summed E-state index contributed by atoms with van der Waals surface area (Å²) in [5, 5.41) is 0. The normalized spacial score (nSPS) is 10.6. The molecule has 0 aliphatic rings. The van der Waals surface area contributed by atoms with E-state index >= 15 is 0 Å². The topological polar surface area (TPSA) is 59.2 Å². The SMILES string of the molecule is CCCCCCCCCCOC(=O)c1[nH]ccc1C(=O)CC. The standard InChI is InChI=1S/C18H29NO3/c1-3-5-6-7-8-9-10-11-14-22-18(21)17-15(12-13-19-17)16(20)4-2/h12-13,19H,3-11,14H2,1-2H3. The van der Waals surface area contributed by atoms with Crippen LogP contribution in [0.15, 0.2) is 12.3 Å². The fraction of sp³-hybridized carbons (Fsp3) is 0.667. The highest BCUT2D eigenvalue weighted by Gasteiger charge is 2.18. The van der Waals surface area contributed by atoms with E-state index in [0.29, 0.717) is 18.6 Å². The molecule has 0 saturated carbocycles. The van der Waals surface area contributed by atoms with E-state index in [1.165, 1.54) is 38.5 Å². The van der Waals surface area contributed by atoms with Gasteiger partial charge in [0.25, 0.3) is 0 Å². The minimum atomic E-state index is -0.426. The van der Waals surface area contributed by atoms with Crippen molar-refractivity contribution in [3.8, 4) is 0 Å². The van der Waals surface area contributed by atoms with Gasteiger partial charge in [-0.2, -0.15) is 0 Å². The van der Waals surface area contributed by atoms with E-state index in [1.54, 1.807) is 19.2 Å². The van der Waals surface area contributed by atoms with Crippen LogP contribution < -0.4 is 0 Å². The van der Waals surface area contributed by atoms with Crippen molar-refractivity contribution in [1.82, 2.24) is 4.98 Å². The summed E-state index contributed by atoms with van der Waals surface area (Å²) >= 11 is 0. The summed E-state index contributed by atoms with van der Waals surface area (Å²) in [7, 11) is 0. The van der Waals surface area contributed by atoms with Crippen LogP contribution in [0.3, 0.4) is 0 Å². The maximum atomic E-state index is 11.9. The van der Waals surface area contributed by atoms with Gasteiger partial charge in [-0.15, -0.1) is 0 Å². The number of aromatic nitrogens is 1. The number of ketones is 1. The number of hydrogen-bond acceptors (Lipinski definition) is 3. The van der Waals surface area contributed by atoms with Gasteiger partial charge in [0, 0.05) is 18.2 Å². The second-order valence-electron chi connectivity index (χ2n) is 5.65. The molecule has 0 spiro atoms. The molecule has 4 heteroatoms. The molecule has 0 unspecified atom stereocenters. The molecule has 0 aliphatic heterocycles. The zero-order valence-electron chi connectivity index (χ0n) is 14.0. The fourth-order valence-corrected chi connectivity index (χ4v) is 2.43. The number of H-pyrrole nitrogens is 1. The molecule has 0 saturated heterocycles. The van der Waals surface area contributed by atoms with Gasteiger partial charge in [0.1, 0.15) is 5.69 Å². The van der Waals surface area contributed by atoms with Gasteiger partial charge < -0.3 is 9.72 Å². The summed E-state index contributed by atoms with van der Waals surface area (Å²) < 4.78 is 5.24. The lowest BCUT2D eigenvalue weighted by Gasteiger charge is -2.05. The number of carbonyl (C=O) groups excluding carboxylic acids is 2. The largest absolute Gasteiger partial charge is 0.461 e. The number of unbranched alkanes of at least 4 members (excludes halogenated alkanes) is 7. The van der Waals surface area contributed by atoms with Gasteiger partial charge in [0.2, 0.25) is 0 Å². The van der Waals surface area contributed by atoms with Gasteiger partial charge in [-0.05, 0) is 12.5 Å². The Labute approximate surface area is 133 Å². The van der Waals surface area contributed by atoms with E-state index in [-0.39, 0.29) is 11.5 Å². The first-order valence-corrected chi connectivity index (χ1v) is 8.58. The summed E-state index contributed by atoms with van der Waals surface area (Å²) in [4.78, 5) is 26.4. The average molecular weight is 307 g/mol. The van der Waals surface area contributed by atoms with Gasteiger partial charge in [-0.3, -0.25) is 4.79 Å². The number of rotatable bonds is 12. The number of aromatic amines is 1. The van der Waals surface area contributed by atoms with Crippen LogP contribution in [0, 0.1) is 0 Å². The quantitative estimate of drug-likeness (QED) is 0.339. The van der Waals surface area contributed by atoms with Crippen LogP contribution in [-0.4, -0.2) is 23.3 Å². The molecule has 1 rings (SSSR count). The molecule has 0 aliphatic carbocycles. The lowest BCUT2D eigenvalue weighted by Crippen LogP contribution is -2.11. The highest BCUT2D eigenvalue weighted by molar-refractivity contribution is 6.05. The van der Waals surface area contributed by atoms with E-state index in [2.05, 4.69) is 11.9 Å². The third kappa shape index (κ3) is 6.46. The maximum Gasteiger partial charge on any atom is 0.355 e. The van der Waals surface area contributed by atoms with Crippen LogP contribution in [-0.2, 0) is 4.74 Å². The van der Waals surface area contributed by atoms with Crippen molar-refractivity contribution < 1.29 is 14.3 Å². The molecule has 0 fully saturated rings. The molecule has 1 aromatic heterocycles. The van der Waals surface area contributed by atoms with Gasteiger partial charge in [-0.25, -0.2) is 4.79 Å². The van der Waals surface area contributed by atoms with Crippen molar-refractivity contribution in [2.24, 2.45) is 0 Å². The van der Waals surface area contributed by atoms with Crippen LogP contribution in [0.4, 0.5) is 0 Å². The summed E-state index contributed by atoms with van der Waals surface area (Å²) in [6.07, 6.45) is 11.7. The monoisotopic (exact) mass is 307 g/mol. The van der Waals surface area contributed by atoms with Crippen LogP contribution in [0.1, 0.15) is 92.5 Å². The van der Waals surface area contributed by atoms with Gasteiger partial charge >= 0.3 is 5.97 Å². The molecule has 1 N–H and O–H groups in total. The molecule has 1 heterocycles. The molecule has 1 aromatic rings. The zero-order chi connectivity index (χ0) is 16.2. The predicted molar refractivity (Wildman–Crippen MR) is 88.3 cm³/mol. The van der Waals surface area contributed by atoms with E-state index in [9.17, 15) is 9.59 Å². The van der Waals surface area contributed by atoms with Crippen LogP contribution in [0.25, 0.3) is 0 Å². The Morgan fingerprint density at radius 2 is 1.64 bits per heavy atom. The number of ether oxygens (including phenoxy) is 1. The number of hydrogen-bond donors (Lipinski definition) is 1. The molecular formula is C18H29NO3. The molecule has 0 aromatic carbocycles. The number of Topliss-reactive ketones (excluding diaryl/α,β-unsaturated/α-hetero) is 1. The predicted octanol–water partition coefficient (Wildman–Crippen LogP) is 4.90. The van der Waals surface area contributed by atoms with E-state index < -0.39 is 5.97 Å². The number of carbonyl (C=O) groups is 2. The Bertz CT molecular complexity index is 451. The third-order valence-electron chi connectivity index (χ3n) is 3.80. The Morgan fingerprint density at radius 3 is 2.27 bits per heavy atom. The van der Waals surface area contributed by atoms with E-state index in [4.69, 9.17) is 4.74 Å². The van der Waals surface area contributed by atoms with E-state index in [0.717, 1.165) is 12.8 Å². The lowest BCUT2D eigenvalue weighted by atomic mass is 10.1. The molecule has 0 radical (unpaired) electrons. The highest BCUT2D eigenvalue weighted by atomic mass is 16.5. The molecule has 0 amide bonds. The first-order valence-electron chi connectivity index (χ1n) is 8.58. The smallest absolute Gasteiger partial charge is 0.355 e.